The molecule has 2 nitrogen and oxygen atoms in total. The van der Waals surface area contributed by atoms with Crippen molar-refractivity contribution in [2.45, 2.75) is 32.2 Å². The molecular weight excluding hydrogens is 227 g/mol. The van der Waals surface area contributed by atoms with E-state index in [0.29, 0.717) is 0 Å². The van der Waals surface area contributed by atoms with E-state index in [2.05, 4.69) is 11.9 Å². The number of aryl methyl sites for hydroxylation is 2. The molecule has 5 heteroatoms. The molecule has 0 saturated heterocycles. The summed E-state index contributed by atoms with van der Waals surface area (Å²) in [6.07, 6.45) is 3.53. The first-order valence-electron chi connectivity index (χ1n) is 3.99. The van der Waals surface area contributed by atoms with Crippen LogP contribution in [-0.2, 0) is 6.42 Å². The average Bonchev–Trinajstić information content (AvgIpc) is 2.31. The Kier molecular flexibility index (Phi) is 5.22. The van der Waals surface area contributed by atoms with Gasteiger partial charge >= 0.3 is 0 Å². The van der Waals surface area contributed by atoms with Gasteiger partial charge < -0.3 is 5.73 Å². The first-order chi connectivity index (χ1) is 5.27. The maximum Gasteiger partial charge on any atom is 0.0900 e. The van der Waals surface area contributed by atoms with Crippen molar-refractivity contribution in [3.05, 3.63) is 15.6 Å². The van der Waals surface area contributed by atoms with Gasteiger partial charge in [0, 0.05) is 10.9 Å². The van der Waals surface area contributed by atoms with E-state index < -0.39 is 0 Å². The van der Waals surface area contributed by atoms with Gasteiger partial charge in [0.1, 0.15) is 0 Å². The number of hydrogen-bond acceptors (Lipinski definition) is 3. The molecule has 0 amide bonds. The van der Waals surface area contributed by atoms with Crippen molar-refractivity contribution < 1.29 is 0 Å². The highest BCUT2D eigenvalue weighted by atomic mass is 35.5. The molecule has 0 radical (unpaired) electrons. The largest absolute Gasteiger partial charge is 0.323 e. The van der Waals surface area contributed by atoms with Gasteiger partial charge in [0.15, 0.2) is 0 Å². The SMILES string of the molecule is Cc1nc2c(s1)CCCC2N.Cl.Cl. The minimum Gasteiger partial charge on any atom is -0.323 e. The molecule has 2 rings (SSSR count). The topological polar surface area (TPSA) is 38.9 Å². The zero-order valence-corrected chi connectivity index (χ0v) is 9.90. The molecule has 1 aliphatic rings. The smallest absolute Gasteiger partial charge is 0.0900 e. The predicted octanol–water partition coefficient (Wildman–Crippen LogP) is 2.63. The second-order valence-corrected chi connectivity index (χ2v) is 4.33. The molecule has 1 aromatic heterocycles. The Balaban J connectivity index is 0.000000720. The molecular formula is C8H14Cl2N2S. The van der Waals surface area contributed by atoms with Crippen LogP contribution >= 0.6 is 36.2 Å². The lowest BCUT2D eigenvalue weighted by atomic mass is 9.99. The maximum atomic E-state index is 5.90. The van der Waals surface area contributed by atoms with Crippen LogP contribution in [0.15, 0.2) is 0 Å². The predicted molar refractivity (Wildman–Crippen MR) is 61.2 cm³/mol. The van der Waals surface area contributed by atoms with Crippen molar-refractivity contribution in [2.24, 2.45) is 5.73 Å². The monoisotopic (exact) mass is 240 g/mol. The third-order valence-electron chi connectivity index (χ3n) is 2.10. The number of nitrogens with two attached hydrogens (primary N) is 1. The molecule has 1 unspecified atom stereocenters. The Morgan fingerprint density at radius 3 is 2.77 bits per heavy atom. The number of thiazole rings is 1. The lowest BCUT2D eigenvalue weighted by molar-refractivity contribution is 0.563. The van der Waals surface area contributed by atoms with Gasteiger partial charge in [-0.05, 0) is 26.2 Å². The van der Waals surface area contributed by atoms with Crippen LogP contribution in [0.5, 0.6) is 0 Å². The second-order valence-electron chi connectivity index (χ2n) is 3.04. The molecule has 1 aliphatic carbocycles. The number of fused-ring (bicyclic) bond motifs is 1. The van der Waals surface area contributed by atoms with Gasteiger partial charge in [-0.1, -0.05) is 0 Å². The quantitative estimate of drug-likeness (QED) is 0.758. The summed E-state index contributed by atoms with van der Waals surface area (Å²) < 4.78 is 0. The highest BCUT2D eigenvalue weighted by molar-refractivity contribution is 7.11. The normalized spacial score (nSPS) is 19.7. The summed E-state index contributed by atoms with van der Waals surface area (Å²) in [4.78, 5) is 5.84. The average molecular weight is 241 g/mol. The summed E-state index contributed by atoms with van der Waals surface area (Å²) in [5.41, 5.74) is 7.07. The van der Waals surface area contributed by atoms with E-state index >= 15 is 0 Å². The van der Waals surface area contributed by atoms with Crippen molar-refractivity contribution >= 4 is 36.2 Å². The van der Waals surface area contributed by atoms with Crippen molar-refractivity contribution in [3.63, 3.8) is 0 Å². The van der Waals surface area contributed by atoms with Crippen LogP contribution in [0.2, 0.25) is 0 Å². The van der Waals surface area contributed by atoms with E-state index in [-0.39, 0.29) is 30.9 Å². The number of hydrogen-bond donors (Lipinski definition) is 1. The number of rotatable bonds is 0. The molecule has 0 bridgehead atoms. The van der Waals surface area contributed by atoms with Gasteiger partial charge in [-0.2, -0.15) is 0 Å². The van der Waals surface area contributed by atoms with E-state index in [4.69, 9.17) is 5.73 Å². The molecule has 13 heavy (non-hydrogen) atoms. The number of halogens is 2. The minimum atomic E-state index is 0. The first kappa shape index (κ1) is 13.2. The third-order valence-corrected chi connectivity index (χ3v) is 3.15. The molecule has 0 fully saturated rings. The van der Waals surface area contributed by atoms with E-state index in [1.54, 1.807) is 11.3 Å². The van der Waals surface area contributed by atoms with Crippen LogP contribution in [-0.4, -0.2) is 4.98 Å². The molecule has 76 valence electrons. The zero-order chi connectivity index (χ0) is 7.84. The van der Waals surface area contributed by atoms with Gasteiger partial charge in [-0.3, -0.25) is 0 Å². The Bertz CT molecular complexity index is 275. The molecule has 0 aromatic carbocycles. The van der Waals surface area contributed by atoms with E-state index in [9.17, 15) is 0 Å². The van der Waals surface area contributed by atoms with Crippen LogP contribution in [0.1, 0.15) is 34.5 Å². The van der Waals surface area contributed by atoms with Crippen molar-refractivity contribution in [3.8, 4) is 0 Å². The lowest BCUT2D eigenvalue weighted by Gasteiger charge is -2.15. The first-order valence-corrected chi connectivity index (χ1v) is 4.81. The Morgan fingerprint density at radius 1 is 1.46 bits per heavy atom. The highest BCUT2D eigenvalue weighted by Gasteiger charge is 2.20. The number of aromatic nitrogens is 1. The summed E-state index contributed by atoms with van der Waals surface area (Å²) >= 11 is 1.80. The maximum absolute atomic E-state index is 5.90. The van der Waals surface area contributed by atoms with Crippen LogP contribution in [0, 0.1) is 6.92 Å². The lowest BCUT2D eigenvalue weighted by Crippen LogP contribution is -2.16. The summed E-state index contributed by atoms with van der Waals surface area (Å²) in [7, 11) is 0. The molecule has 1 aromatic rings. The minimum absolute atomic E-state index is 0. The Morgan fingerprint density at radius 2 is 2.15 bits per heavy atom. The van der Waals surface area contributed by atoms with Gasteiger partial charge in [0.05, 0.1) is 10.7 Å². The summed E-state index contributed by atoms with van der Waals surface area (Å²) in [6.45, 7) is 2.05. The molecule has 0 spiro atoms. The van der Waals surface area contributed by atoms with E-state index in [1.807, 2.05) is 0 Å². The Hall–Kier alpha value is 0.170. The van der Waals surface area contributed by atoms with Gasteiger partial charge in [-0.25, -0.2) is 4.98 Å². The molecule has 0 aliphatic heterocycles. The van der Waals surface area contributed by atoms with Gasteiger partial charge in [0.2, 0.25) is 0 Å². The fourth-order valence-corrected chi connectivity index (χ4v) is 2.62. The molecule has 1 atom stereocenters. The zero-order valence-electron chi connectivity index (χ0n) is 7.45. The van der Waals surface area contributed by atoms with Crippen LogP contribution in [0.4, 0.5) is 0 Å². The standard InChI is InChI=1S/C8H12N2S.2ClH/c1-5-10-8-6(9)3-2-4-7(8)11-5;;/h6H,2-4,9H2,1H3;2*1H. The van der Waals surface area contributed by atoms with Crippen molar-refractivity contribution in [1.29, 1.82) is 0 Å². The van der Waals surface area contributed by atoms with E-state index in [1.165, 1.54) is 23.4 Å². The third kappa shape index (κ3) is 2.56. The van der Waals surface area contributed by atoms with Gasteiger partial charge in [0.25, 0.3) is 0 Å². The number of nitrogens with zero attached hydrogens (tertiary/aromatic N) is 1. The molecule has 1 heterocycles. The molecule has 0 saturated carbocycles. The van der Waals surface area contributed by atoms with Gasteiger partial charge in [-0.15, -0.1) is 36.2 Å². The van der Waals surface area contributed by atoms with Crippen molar-refractivity contribution in [1.82, 2.24) is 4.98 Å². The van der Waals surface area contributed by atoms with E-state index in [0.717, 1.165) is 11.4 Å². The van der Waals surface area contributed by atoms with Crippen molar-refractivity contribution in [2.75, 3.05) is 0 Å². The van der Waals surface area contributed by atoms with Crippen LogP contribution in [0.25, 0.3) is 0 Å². The van der Waals surface area contributed by atoms with Crippen LogP contribution in [0.3, 0.4) is 0 Å². The fraction of sp³-hybridized carbons (Fsp3) is 0.625. The van der Waals surface area contributed by atoms with Crippen LogP contribution < -0.4 is 5.73 Å². The summed E-state index contributed by atoms with van der Waals surface area (Å²) in [5, 5.41) is 1.16. The summed E-state index contributed by atoms with van der Waals surface area (Å²) in [5.74, 6) is 0. The highest BCUT2D eigenvalue weighted by Crippen LogP contribution is 2.31. The summed E-state index contributed by atoms with van der Waals surface area (Å²) in [6, 6.07) is 0.212. The second kappa shape index (κ2) is 5.15. The molecule has 2 N–H and O–H groups in total. The Labute approximate surface area is 94.8 Å². The fourth-order valence-electron chi connectivity index (χ4n) is 1.57.